The molecule has 3 aromatic rings. The van der Waals surface area contributed by atoms with Gasteiger partial charge in [-0.1, -0.05) is 30.3 Å². The molecule has 102 valence electrons. The number of anilines is 1. The van der Waals surface area contributed by atoms with Crippen LogP contribution < -0.4 is 5.32 Å². The lowest BCUT2D eigenvalue weighted by atomic mass is 10.1. The molecular formula is C17H12FN3. The fourth-order valence-corrected chi connectivity index (χ4v) is 2.29. The molecule has 0 bridgehead atoms. The molecule has 0 spiro atoms. The first-order valence-electron chi connectivity index (χ1n) is 6.54. The van der Waals surface area contributed by atoms with Crippen LogP contribution in [-0.2, 0) is 6.54 Å². The topological polar surface area (TPSA) is 48.7 Å². The van der Waals surface area contributed by atoms with Crippen LogP contribution in [0.15, 0.2) is 54.7 Å². The van der Waals surface area contributed by atoms with E-state index in [1.807, 2.05) is 36.4 Å². The predicted molar refractivity (Wildman–Crippen MR) is 80.2 cm³/mol. The molecule has 1 N–H and O–H groups in total. The Hall–Kier alpha value is -2.93. The summed E-state index contributed by atoms with van der Waals surface area (Å²) in [6.45, 7) is 0.479. The average molecular weight is 277 g/mol. The lowest BCUT2D eigenvalue weighted by Gasteiger charge is -2.10. The monoisotopic (exact) mass is 277 g/mol. The zero-order valence-corrected chi connectivity index (χ0v) is 11.2. The predicted octanol–water partition coefficient (Wildman–Crippen LogP) is 3.86. The summed E-state index contributed by atoms with van der Waals surface area (Å²) in [5, 5.41) is 13.2. The van der Waals surface area contributed by atoms with Gasteiger partial charge in [0, 0.05) is 18.1 Å². The number of nitrogens with zero attached hydrogens (tertiary/aromatic N) is 2. The smallest absolute Gasteiger partial charge is 0.143 e. The molecule has 0 aliphatic carbocycles. The van der Waals surface area contributed by atoms with Crippen molar-refractivity contribution in [1.29, 1.82) is 5.26 Å². The van der Waals surface area contributed by atoms with Gasteiger partial charge >= 0.3 is 0 Å². The number of aromatic nitrogens is 1. The molecule has 3 rings (SSSR count). The minimum absolute atomic E-state index is 0.0331. The van der Waals surface area contributed by atoms with Gasteiger partial charge in [0.2, 0.25) is 0 Å². The van der Waals surface area contributed by atoms with Crippen molar-refractivity contribution < 1.29 is 4.39 Å². The number of nitriles is 1. The third-order valence-electron chi connectivity index (χ3n) is 3.31. The average Bonchev–Trinajstić information content (AvgIpc) is 2.53. The third kappa shape index (κ3) is 2.54. The molecule has 0 unspecified atom stereocenters. The summed E-state index contributed by atoms with van der Waals surface area (Å²) in [6.07, 6.45) is 1.74. The zero-order valence-electron chi connectivity index (χ0n) is 11.2. The molecule has 0 saturated carbocycles. The maximum atomic E-state index is 13.6. The standard InChI is InChI=1S/C17H12FN3/c18-15-7-2-8-16(14(15)10-19)21-11-13-5-1-4-12-6-3-9-20-17(12)13/h1-9,21H,11H2. The van der Waals surface area contributed by atoms with Crippen LogP contribution in [-0.4, -0.2) is 4.98 Å². The Bertz CT molecular complexity index is 832. The molecule has 1 aromatic heterocycles. The van der Waals surface area contributed by atoms with Gasteiger partial charge in [0.25, 0.3) is 0 Å². The van der Waals surface area contributed by atoms with Gasteiger partial charge in [-0.3, -0.25) is 4.98 Å². The van der Waals surface area contributed by atoms with Crippen LogP contribution in [0.2, 0.25) is 0 Å². The SMILES string of the molecule is N#Cc1c(F)cccc1NCc1cccc2cccnc12. The van der Waals surface area contributed by atoms with E-state index in [0.29, 0.717) is 12.2 Å². The van der Waals surface area contributed by atoms with E-state index in [1.54, 1.807) is 18.3 Å². The second-order valence-electron chi connectivity index (χ2n) is 4.62. The van der Waals surface area contributed by atoms with Crippen molar-refractivity contribution in [2.24, 2.45) is 0 Å². The van der Waals surface area contributed by atoms with E-state index in [1.165, 1.54) is 6.07 Å². The lowest BCUT2D eigenvalue weighted by Crippen LogP contribution is -2.03. The second kappa shape index (κ2) is 5.59. The van der Waals surface area contributed by atoms with Crippen LogP contribution in [0.4, 0.5) is 10.1 Å². The normalized spacial score (nSPS) is 10.3. The molecule has 4 heteroatoms. The Morgan fingerprint density at radius 1 is 1.10 bits per heavy atom. The van der Waals surface area contributed by atoms with Gasteiger partial charge in [0.1, 0.15) is 17.4 Å². The first-order chi connectivity index (χ1) is 10.3. The van der Waals surface area contributed by atoms with Crippen molar-refractivity contribution in [2.45, 2.75) is 6.54 Å². The maximum Gasteiger partial charge on any atom is 0.143 e. The highest BCUT2D eigenvalue weighted by atomic mass is 19.1. The van der Waals surface area contributed by atoms with Gasteiger partial charge in [0.15, 0.2) is 0 Å². The molecule has 0 atom stereocenters. The Kier molecular flexibility index (Phi) is 3.48. The summed E-state index contributed by atoms with van der Waals surface area (Å²) in [5.74, 6) is -0.515. The minimum Gasteiger partial charge on any atom is -0.380 e. The van der Waals surface area contributed by atoms with Crippen molar-refractivity contribution in [2.75, 3.05) is 5.32 Å². The van der Waals surface area contributed by atoms with E-state index in [2.05, 4.69) is 10.3 Å². The molecule has 0 saturated heterocycles. The van der Waals surface area contributed by atoms with Gasteiger partial charge in [-0.05, 0) is 23.8 Å². The molecule has 0 fully saturated rings. The number of nitrogens with one attached hydrogen (secondary N) is 1. The second-order valence-corrected chi connectivity index (χ2v) is 4.62. The molecule has 2 aromatic carbocycles. The van der Waals surface area contributed by atoms with E-state index in [-0.39, 0.29) is 5.56 Å². The van der Waals surface area contributed by atoms with Crippen LogP contribution in [0.3, 0.4) is 0 Å². The molecule has 0 radical (unpaired) electrons. The number of para-hydroxylation sites is 1. The molecule has 0 aliphatic heterocycles. The largest absolute Gasteiger partial charge is 0.380 e. The zero-order chi connectivity index (χ0) is 14.7. The maximum absolute atomic E-state index is 13.6. The summed E-state index contributed by atoms with van der Waals surface area (Å²) in [7, 11) is 0. The fraction of sp³-hybridized carbons (Fsp3) is 0.0588. The van der Waals surface area contributed by atoms with E-state index >= 15 is 0 Å². The Balaban J connectivity index is 1.91. The summed E-state index contributed by atoms with van der Waals surface area (Å²) in [6, 6.07) is 16.2. The summed E-state index contributed by atoms with van der Waals surface area (Å²) in [5.41, 5.74) is 2.43. The van der Waals surface area contributed by atoms with Crippen molar-refractivity contribution in [3.8, 4) is 6.07 Å². The van der Waals surface area contributed by atoms with Crippen molar-refractivity contribution in [3.63, 3.8) is 0 Å². The van der Waals surface area contributed by atoms with E-state index in [9.17, 15) is 4.39 Å². The summed E-state index contributed by atoms with van der Waals surface area (Å²) < 4.78 is 13.6. The Morgan fingerprint density at radius 2 is 1.90 bits per heavy atom. The number of pyridine rings is 1. The molecule has 21 heavy (non-hydrogen) atoms. The molecule has 0 aliphatic rings. The van der Waals surface area contributed by atoms with Gasteiger partial charge in [-0.25, -0.2) is 4.39 Å². The Morgan fingerprint density at radius 3 is 2.76 bits per heavy atom. The van der Waals surface area contributed by atoms with E-state index in [4.69, 9.17) is 5.26 Å². The number of rotatable bonds is 3. The number of benzene rings is 2. The number of hydrogen-bond acceptors (Lipinski definition) is 3. The van der Waals surface area contributed by atoms with Gasteiger partial charge in [0.05, 0.1) is 11.2 Å². The first-order valence-corrected chi connectivity index (χ1v) is 6.54. The third-order valence-corrected chi connectivity index (χ3v) is 3.31. The minimum atomic E-state index is -0.515. The van der Waals surface area contributed by atoms with Gasteiger partial charge in [-0.15, -0.1) is 0 Å². The fourth-order valence-electron chi connectivity index (χ4n) is 2.29. The highest BCUT2D eigenvalue weighted by Gasteiger charge is 2.08. The highest BCUT2D eigenvalue weighted by Crippen LogP contribution is 2.21. The van der Waals surface area contributed by atoms with Crippen LogP contribution in [0.1, 0.15) is 11.1 Å². The molecule has 3 nitrogen and oxygen atoms in total. The first kappa shape index (κ1) is 13.1. The van der Waals surface area contributed by atoms with Gasteiger partial charge in [-0.2, -0.15) is 5.26 Å². The summed E-state index contributed by atoms with van der Waals surface area (Å²) in [4.78, 5) is 4.37. The van der Waals surface area contributed by atoms with Crippen LogP contribution in [0.5, 0.6) is 0 Å². The van der Waals surface area contributed by atoms with E-state index in [0.717, 1.165) is 16.5 Å². The molecule has 1 heterocycles. The van der Waals surface area contributed by atoms with Crippen LogP contribution in [0.25, 0.3) is 10.9 Å². The van der Waals surface area contributed by atoms with Crippen molar-refractivity contribution in [1.82, 2.24) is 4.98 Å². The quantitative estimate of drug-likeness (QED) is 0.791. The number of hydrogen-bond donors (Lipinski definition) is 1. The van der Waals surface area contributed by atoms with Crippen LogP contribution >= 0.6 is 0 Å². The highest BCUT2D eigenvalue weighted by molar-refractivity contribution is 5.81. The number of fused-ring (bicyclic) bond motifs is 1. The molecular weight excluding hydrogens is 265 g/mol. The summed E-state index contributed by atoms with van der Waals surface area (Å²) >= 11 is 0. The number of halogens is 1. The molecule has 0 amide bonds. The van der Waals surface area contributed by atoms with Crippen molar-refractivity contribution in [3.05, 3.63) is 71.7 Å². The van der Waals surface area contributed by atoms with Crippen molar-refractivity contribution >= 4 is 16.6 Å². The van der Waals surface area contributed by atoms with Crippen LogP contribution in [0, 0.1) is 17.1 Å². The lowest BCUT2D eigenvalue weighted by molar-refractivity contribution is 0.624. The Labute approximate surface area is 121 Å². The van der Waals surface area contributed by atoms with E-state index < -0.39 is 5.82 Å². The van der Waals surface area contributed by atoms with Gasteiger partial charge < -0.3 is 5.32 Å².